The molecule has 0 aliphatic heterocycles. The van der Waals surface area contributed by atoms with Crippen molar-refractivity contribution in [2.75, 3.05) is 19.8 Å². The second kappa shape index (κ2) is 6.68. The van der Waals surface area contributed by atoms with Crippen molar-refractivity contribution in [2.45, 2.75) is 12.8 Å². The van der Waals surface area contributed by atoms with E-state index in [1.54, 1.807) is 18.2 Å². The number of amides is 1. The molecule has 0 heterocycles. The predicted octanol–water partition coefficient (Wildman–Crippen LogP) is 1.77. The molecule has 0 aromatic heterocycles. The van der Waals surface area contributed by atoms with Gasteiger partial charge in [-0.15, -0.1) is 0 Å². The quantitative estimate of drug-likeness (QED) is 0.840. The van der Waals surface area contributed by atoms with E-state index in [9.17, 15) is 13.6 Å². The Morgan fingerprint density at radius 2 is 2.21 bits per heavy atom. The van der Waals surface area contributed by atoms with Crippen molar-refractivity contribution >= 4 is 17.5 Å². The van der Waals surface area contributed by atoms with Gasteiger partial charge in [-0.1, -0.05) is 17.7 Å². The topological polar surface area (TPSA) is 58.6 Å². The molecule has 4 nitrogen and oxygen atoms in total. The molecule has 0 unspecified atom stereocenters. The Morgan fingerprint density at radius 1 is 1.53 bits per heavy atom. The Kier molecular flexibility index (Phi) is 5.50. The molecular weight excluding hydrogens is 280 g/mol. The van der Waals surface area contributed by atoms with Gasteiger partial charge in [-0.25, -0.2) is 8.78 Å². The molecule has 1 amide bonds. The van der Waals surface area contributed by atoms with E-state index in [1.165, 1.54) is 0 Å². The molecule has 0 bridgehead atoms. The first kappa shape index (κ1) is 15.7. The molecule has 1 aromatic rings. The highest BCUT2D eigenvalue weighted by Gasteiger charge is 2.28. The fraction of sp³-hybridized carbons (Fsp3) is 0.417. The number of carbonyl (C=O) groups is 1. The summed E-state index contributed by atoms with van der Waals surface area (Å²) in [7, 11) is 0. The largest absolute Gasteiger partial charge is 0.482 e. The van der Waals surface area contributed by atoms with Crippen molar-refractivity contribution in [2.24, 2.45) is 0 Å². The number of halogens is 3. The van der Waals surface area contributed by atoms with Crippen LogP contribution in [0.25, 0.3) is 0 Å². The minimum Gasteiger partial charge on any atom is -0.482 e. The highest BCUT2D eigenvalue weighted by molar-refractivity contribution is 6.32. The number of ether oxygens (including phenoxy) is 1. The van der Waals surface area contributed by atoms with Gasteiger partial charge in [-0.2, -0.15) is 0 Å². The van der Waals surface area contributed by atoms with Crippen LogP contribution in [0.1, 0.15) is 5.56 Å². The van der Waals surface area contributed by atoms with Crippen molar-refractivity contribution in [3.63, 3.8) is 0 Å². The van der Waals surface area contributed by atoms with Crippen LogP contribution in [0.5, 0.6) is 5.75 Å². The number of hydrogen-bond acceptors (Lipinski definition) is 3. The first-order valence-electron chi connectivity index (χ1n) is 5.48. The van der Waals surface area contributed by atoms with E-state index in [1.807, 2.05) is 12.2 Å². The molecule has 0 aliphatic rings. The first-order chi connectivity index (χ1) is 8.84. The minimum atomic E-state index is -3.34. The standard InChI is InChI=1S/C12H14ClF2NO3/c1-8-2-3-9(13)10(4-8)19-5-11(18)16-6-12(14,15)7-17/h2-4,17H,5-7H2,1H3,(H,16,18). The van der Waals surface area contributed by atoms with E-state index >= 15 is 0 Å². The van der Waals surface area contributed by atoms with Crippen LogP contribution in [0.15, 0.2) is 18.2 Å². The molecule has 7 heteroatoms. The number of aryl methyl sites for hydroxylation is 1. The average Bonchev–Trinajstić information content (AvgIpc) is 2.37. The summed E-state index contributed by atoms with van der Waals surface area (Å²) in [5.41, 5.74) is 0.895. The summed E-state index contributed by atoms with van der Waals surface area (Å²) in [6.45, 7) is -0.860. The molecule has 0 atom stereocenters. The van der Waals surface area contributed by atoms with Crippen LogP contribution < -0.4 is 10.1 Å². The van der Waals surface area contributed by atoms with Crippen molar-refractivity contribution in [1.29, 1.82) is 0 Å². The zero-order valence-corrected chi connectivity index (χ0v) is 11.0. The zero-order valence-electron chi connectivity index (χ0n) is 10.3. The monoisotopic (exact) mass is 293 g/mol. The number of aliphatic hydroxyl groups excluding tert-OH is 1. The smallest absolute Gasteiger partial charge is 0.287 e. The minimum absolute atomic E-state index is 0.311. The number of rotatable bonds is 6. The molecule has 0 radical (unpaired) electrons. The summed E-state index contributed by atoms with van der Waals surface area (Å²) >= 11 is 5.84. The van der Waals surface area contributed by atoms with Crippen LogP contribution in [0.2, 0.25) is 5.02 Å². The number of nitrogens with one attached hydrogen (secondary N) is 1. The lowest BCUT2D eigenvalue weighted by molar-refractivity contribution is -0.126. The van der Waals surface area contributed by atoms with Crippen LogP contribution in [-0.4, -0.2) is 36.7 Å². The molecular formula is C12H14ClF2NO3. The van der Waals surface area contributed by atoms with Gasteiger partial charge in [0.25, 0.3) is 11.8 Å². The Labute approximate surface area is 114 Å². The Hall–Kier alpha value is -1.40. The van der Waals surface area contributed by atoms with Crippen molar-refractivity contribution < 1.29 is 23.4 Å². The maximum atomic E-state index is 12.7. The van der Waals surface area contributed by atoms with E-state index < -0.39 is 31.6 Å². The van der Waals surface area contributed by atoms with Gasteiger partial charge in [0, 0.05) is 0 Å². The van der Waals surface area contributed by atoms with E-state index in [0.29, 0.717) is 10.8 Å². The lowest BCUT2D eigenvalue weighted by Crippen LogP contribution is -2.40. The molecule has 0 saturated carbocycles. The lowest BCUT2D eigenvalue weighted by atomic mass is 10.2. The second-order valence-electron chi connectivity index (χ2n) is 4.01. The highest BCUT2D eigenvalue weighted by Crippen LogP contribution is 2.25. The summed E-state index contributed by atoms with van der Waals surface area (Å²) < 4.78 is 30.5. The van der Waals surface area contributed by atoms with Gasteiger partial charge in [0.2, 0.25) is 0 Å². The molecule has 106 valence electrons. The molecule has 19 heavy (non-hydrogen) atoms. The maximum Gasteiger partial charge on any atom is 0.287 e. The van der Waals surface area contributed by atoms with E-state index in [4.69, 9.17) is 21.4 Å². The van der Waals surface area contributed by atoms with Gasteiger partial charge in [0.15, 0.2) is 6.61 Å². The maximum absolute atomic E-state index is 12.7. The third-order valence-corrected chi connectivity index (χ3v) is 2.53. The predicted molar refractivity (Wildman–Crippen MR) is 66.7 cm³/mol. The molecule has 0 spiro atoms. The van der Waals surface area contributed by atoms with Crippen LogP contribution in [0, 0.1) is 6.92 Å². The number of alkyl halides is 2. The van der Waals surface area contributed by atoms with Crippen molar-refractivity contribution in [3.8, 4) is 5.75 Å². The van der Waals surface area contributed by atoms with Gasteiger partial charge in [-0.05, 0) is 24.6 Å². The highest BCUT2D eigenvalue weighted by atomic mass is 35.5. The van der Waals surface area contributed by atoms with Crippen LogP contribution in [0.3, 0.4) is 0 Å². The van der Waals surface area contributed by atoms with E-state index in [2.05, 4.69) is 0 Å². The van der Waals surface area contributed by atoms with Crippen molar-refractivity contribution in [3.05, 3.63) is 28.8 Å². The Morgan fingerprint density at radius 3 is 2.84 bits per heavy atom. The molecule has 0 saturated heterocycles. The summed E-state index contributed by atoms with van der Waals surface area (Å²) in [5.74, 6) is -3.74. The number of aliphatic hydroxyl groups is 1. The van der Waals surface area contributed by atoms with E-state index in [0.717, 1.165) is 5.56 Å². The molecule has 1 aromatic carbocycles. The molecule has 2 N–H and O–H groups in total. The normalized spacial score (nSPS) is 11.2. The van der Waals surface area contributed by atoms with Crippen LogP contribution in [0.4, 0.5) is 8.78 Å². The third kappa shape index (κ3) is 5.40. The fourth-order valence-corrected chi connectivity index (χ4v) is 1.37. The third-order valence-electron chi connectivity index (χ3n) is 2.22. The van der Waals surface area contributed by atoms with E-state index in [-0.39, 0.29) is 0 Å². The Bertz CT molecular complexity index is 455. The van der Waals surface area contributed by atoms with Gasteiger partial charge in [0.1, 0.15) is 12.4 Å². The first-order valence-corrected chi connectivity index (χ1v) is 5.86. The van der Waals surface area contributed by atoms with Crippen molar-refractivity contribution in [1.82, 2.24) is 5.32 Å². The molecule has 0 fully saturated rings. The second-order valence-corrected chi connectivity index (χ2v) is 4.42. The van der Waals surface area contributed by atoms with Gasteiger partial charge >= 0.3 is 0 Å². The van der Waals surface area contributed by atoms with Gasteiger partial charge in [0.05, 0.1) is 11.6 Å². The number of benzene rings is 1. The SMILES string of the molecule is Cc1ccc(Cl)c(OCC(=O)NCC(F)(F)CO)c1. The summed E-state index contributed by atoms with van der Waals surface area (Å²) in [6.07, 6.45) is 0. The molecule has 1 rings (SSSR count). The summed E-state index contributed by atoms with van der Waals surface area (Å²) in [4.78, 5) is 11.3. The number of hydrogen-bond donors (Lipinski definition) is 2. The van der Waals surface area contributed by atoms with Gasteiger partial charge < -0.3 is 15.2 Å². The van der Waals surface area contributed by atoms with Crippen LogP contribution >= 0.6 is 11.6 Å². The lowest BCUT2D eigenvalue weighted by Gasteiger charge is -2.14. The summed E-state index contributed by atoms with van der Waals surface area (Å²) in [5, 5.41) is 10.6. The molecule has 0 aliphatic carbocycles. The van der Waals surface area contributed by atoms with Crippen LogP contribution in [-0.2, 0) is 4.79 Å². The fourth-order valence-electron chi connectivity index (χ4n) is 1.20. The zero-order chi connectivity index (χ0) is 14.5. The number of carbonyl (C=O) groups excluding carboxylic acids is 1. The summed E-state index contributed by atoms with van der Waals surface area (Å²) in [6, 6.07) is 5.03. The Balaban J connectivity index is 2.44. The van der Waals surface area contributed by atoms with Gasteiger partial charge in [-0.3, -0.25) is 4.79 Å². The average molecular weight is 294 g/mol.